The second-order valence-corrected chi connectivity index (χ2v) is 6.30. The number of allylic oxidation sites excluding steroid dienone is 1. The van der Waals surface area contributed by atoms with Crippen molar-refractivity contribution in [3.8, 4) is 5.75 Å². The van der Waals surface area contributed by atoms with E-state index in [4.69, 9.17) is 4.74 Å². The van der Waals surface area contributed by atoms with Crippen molar-refractivity contribution in [1.82, 2.24) is 4.90 Å². The van der Waals surface area contributed by atoms with E-state index in [-0.39, 0.29) is 0 Å². The second-order valence-electron chi connectivity index (χ2n) is 6.30. The van der Waals surface area contributed by atoms with Crippen LogP contribution in [0, 0.1) is 0 Å². The highest BCUT2D eigenvalue weighted by atomic mass is 16.5. The second kappa shape index (κ2) is 8.96. The fourth-order valence-corrected chi connectivity index (χ4v) is 3.21. The van der Waals surface area contributed by atoms with Crippen LogP contribution in [-0.2, 0) is 6.42 Å². The number of ether oxygens (including phenoxy) is 1. The molecule has 1 fully saturated rings. The molecule has 1 atom stereocenters. The van der Waals surface area contributed by atoms with E-state index in [0.717, 1.165) is 17.7 Å². The molecule has 0 spiro atoms. The zero-order chi connectivity index (χ0) is 15.8. The van der Waals surface area contributed by atoms with E-state index >= 15 is 0 Å². The normalized spacial score (nSPS) is 17.4. The number of nitrogens with zero attached hydrogens (tertiary/aromatic N) is 1. The Bertz CT molecular complexity index is 455. The molecule has 0 aliphatic heterocycles. The summed E-state index contributed by atoms with van der Waals surface area (Å²) in [6.45, 7) is 4.79. The first-order valence-corrected chi connectivity index (χ1v) is 8.40. The molecule has 122 valence electrons. The van der Waals surface area contributed by atoms with Gasteiger partial charge in [0.1, 0.15) is 18.5 Å². The third-order valence-electron chi connectivity index (χ3n) is 4.46. The summed E-state index contributed by atoms with van der Waals surface area (Å²) in [7, 11) is 2.12. The molecule has 1 N–H and O–H groups in total. The minimum absolute atomic E-state index is 0.339. The highest BCUT2D eigenvalue weighted by Crippen LogP contribution is 2.22. The van der Waals surface area contributed by atoms with Crippen molar-refractivity contribution in [2.75, 3.05) is 20.2 Å². The lowest BCUT2D eigenvalue weighted by atomic mass is 9.94. The zero-order valence-electron chi connectivity index (χ0n) is 13.7. The van der Waals surface area contributed by atoms with Crippen molar-refractivity contribution >= 4 is 0 Å². The van der Waals surface area contributed by atoms with Crippen molar-refractivity contribution in [2.24, 2.45) is 0 Å². The van der Waals surface area contributed by atoms with Crippen molar-refractivity contribution in [3.63, 3.8) is 0 Å². The molecule has 0 aromatic heterocycles. The van der Waals surface area contributed by atoms with Crippen molar-refractivity contribution in [2.45, 2.75) is 50.7 Å². The van der Waals surface area contributed by atoms with Gasteiger partial charge in [0, 0.05) is 12.6 Å². The van der Waals surface area contributed by atoms with Crippen molar-refractivity contribution < 1.29 is 9.84 Å². The minimum atomic E-state index is -0.455. The minimum Gasteiger partial charge on any atom is -0.491 e. The molecule has 0 saturated heterocycles. The molecule has 0 amide bonds. The van der Waals surface area contributed by atoms with Crippen LogP contribution < -0.4 is 4.74 Å². The average molecular weight is 303 g/mol. The summed E-state index contributed by atoms with van der Waals surface area (Å²) >= 11 is 0. The topological polar surface area (TPSA) is 32.7 Å². The van der Waals surface area contributed by atoms with E-state index in [0.29, 0.717) is 19.2 Å². The predicted molar refractivity (Wildman–Crippen MR) is 91.3 cm³/mol. The third-order valence-corrected chi connectivity index (χ3v) is 4.46. The number of aliphatic hydroxyl groups is 1. The van der Waals surface area contributed by atoms with Gasteiger partial charge in [0.2, 0.25) is 0 Å². The SMILES string of the molecule is C=CCc1ccccc1OC[C@@H](O)CN(C)C1CCCCC1. The van der Waals surface area contributed by atoms with Crippen LogP contribution in [0.5, 0.6) is 5.75 Å². The summed E-state index contributed by atoms with van der Waals surface area (Å²) < 4.78 is 5.82. The molecule has 3 heteroatoms. The maximum atomic E-state index is 10.2. The van der Waals surface area contributed by atoms with Crippen LogP contribution >= 0.6 is 0 Å². The van der Waals surface area contributed by atoms with E-state index < -0.39 is 6.10 Å². The Morgan fingerprint density at radius 1 is 1.32 bits per heavy atom. The van der Waals surface area contributed by atoms with Crippen molar-refractivity contribution in [1.29, 1.82) is 0 Å². The predicted octanol–water partition coefficient (Wildman–Crippen LogP) is 3.42. The molecular formula is C19H29NO2. The van der Waals surface area contributed by atoms with Crippen LogP contribution in [0.2, 0.25) is 0 Å². The van der Waals surface area contributed by atoms with Crippen LogP contribution in [0.25, 0.3) is 0 Å². The Morgan fingerprint density at radius 3 is 2.77 bits per heavy atom. The van der Waals surface area contributed by atoms with E-state index in [1.807, 2.05) is 30.3 Å². The van der Waals surface area contributed by atoms with Gasteiger partial charge in [0.05, 0.1) is 0 Å². The molecule has 0 radical (unpaired) electrons. The quantitative estimate of drug-likeness (QED) is 0.747. The highest BCUT2D eigenvalue weighted by molar-refractivity contribution is 5.34. The summed E-state index contributed by atoms with van der Waals surface area (Å²) in [6, 6.07) is 8.58. The molecule has 3 nitrogen and oxygen atoms in total. The van der Waals surface area contributed by atoms with E-state index in [1.54, 1.807) is 0 Å². The fourth-order valence-electron chi connectivity index (χ4n) is 3.21. The van der Waals surface area contributed by atoms with E-state index in [2.05, 4.69) is 18.5 Å². The lowest BCUT2D eigenvalue weighted by Gasteiger charge is -2.32. The van der Waals surface area contributed by atoms with Crippen LogP contribution in [0.1, 0.15) is 37.7 Å². The molecular weight excluding hydrogens is 274 g/mol. The number of hydrogen-bond donors (Lipinski definition) is 1. The summed E-state index contributed by atoms with van der Waals surface area (Å²) in [6.07, 6.45) is 8.70. The fraction of sp³-hybridized carbons (Fsp3) is 0.579. The summed E-state index contributed by atoms with van der Waals surface area (Å²) in [4.78, 5) is 2.29. The summed E-state index contributed by atoms with van der Waals surface area (Å²) in [5, 5.41) is 10.2. The van der Waals surface area contributed by atoms with Crippen LogP contribution in [0.4, 0.5) is 0 Å². The molecule has 1 aliphatic rings. The Labute approximate surface area is 134 Å². The number of hydrogen-bond acceptors (Lipinski definition) is 3. The molecule has 0 unspecified atom stereocenters. The Morgan fingerprint density at radius 2 is 2.05 bits per heavy atom. The maximum Gasteiger partial charge on any atom is 0.122 e. The standard InChI is InChI=1S/C19H29NO2/c1-3-9-16-10-7-8-13-19(16)22-15-18(21)14-20(2)17-11-5-4-6-12-17/h3,7-8,10,13,17-18,21H,1,4-6,9,11-12,14-15H2,2H3/t18-/m0/s1. The molecule has 1 aromatic carbocycles. The van der Waals surface area contributed by atoms with Gasteiger partial charge >= 0.3 is 0 Å². The van der Waals surface area contributed by atoms with Gasteiger partial charge < -0.3 is 14.7 Å². The van der Waals surface area contributed by atoms with Gasteiger partial charge in [-0.2, -0.15) is 0 Å². The van der Waals surface area contributed by atoms with E-state index in [9.17, 15) is 5.11 Å². The van der Waals surface area contributed by atoms with Crippen LogP contribution in [-0.4, -0.2) is 42.4 Å². The third kappa shape index (κ3) is 5.15. The van der Waals surface area contributed by atoms with Gasteiger partial charge in [0.25, 0.3) is 0 Å². The smallest absolute Gasteiger partial charge is 0.122 e. The molecule has 1 aliphatic carbocycles. The lowest BCUT2D eigenvalue weighted by Crippen LogP contribution is -2.40. The molecule has 0 heterocycles. The van der Waals surface area contributed by atoms with Crippen LogP contribution in [0.3, 0.4) is 0 Å². The van der Waals surface area contributed by atoms with Gasteiger partial charge in [0.15, 0.2) is 0 Å². The first kappa shape index (κ1) is 17.0. The Balaban J connectivity index is 1.79. The molecule has 0 bridgehead atoms. The Hall–Kier alpha value is -1.32. The number of aliphatic hydroxyl groups excluding tert-OH is 1. The van der Waals surface area contributed by atoms with Gasteiger partial charge in [-0.3, -0.25) is 0 Å². The molecule has 1 aromatic rings. The zero-order valence-corrected chi connectivity index (χ0v) is 13.7. The highest BCUT2D eigenvalue weighted by Gasteiger charge is 2.20. The number of rotatable bonds is 8. The molecule has 22 heavy (non-hydrogen) atoms. The lowest BCUT2D eigenvalue weighted by molar-refractivity contribution is 0.0559. The first-order chi connectivity index (χ1) is 10.7. The first-order valence-electron chi connectivity index (χ1n) is 8.40. The Kier molecular flexibility index (Phi) is 6.94. The molecule has 1 saturated carbocycles. The van der Waals surface area contributed by atoms with Gasteiger partial charge in [-0.15, -0.1) is 6.58 Å². The maximum absolute atomic E-state index is 10.2. The summed E-state index contributed by atoms with van der Waals surface area (Å²) in [5.41, 5.74) is 1.12. The average Bonchev–Trinajstić information content (AvgIpc) is 2.55. The van der Waals surface area contributed by atoms with Gasteiger partial charge in [-0.05, 0) is 37.9 Å². The van der Waals surface area contributed by atoms with Gasteiger partial charge in [-0.25, -0.2) is 0 Å². The number of benzene rings is 1. The molecule has 2 rings (SSSR count). The number of likely N-dealkylation sites (N-methyl/N-ethyl adjacent to an activating group) is 1. The largest absolute Gasteiger partial charge is 0.491 e. The summed E-state index contributed by atoms with van der Waals surface area (Å²) in [5.74, 6) is 0.849. The van der Waals surface area contributed by atoms with E-state index in [1.165, 1.54) is 32.1 Å². The van der Waals surface area contributed by atoms with Crippen LogP contribution in [0.15, 0.2) is 36.9 Å². The van der Waals surface area contributed by atoms with Crippen molar-refractivity contribution in [3.05, 3.63) is 42.5 Å². The monoisotopic (exact) mass is 303 g/mol. The number of para-hydroxylation sites is 1. The van der Waals surface area contributed by atoms with Gasteiger partial charge in [-0.1, -0.05) is 43.5 Å².